The van der Waals surface area contributed by atoms with Crippen LogP contribution in [0.2, 0.25) is 0 Å². The molecule has 16 heteroatoms. The minimum Gasteiger partial charge on any atom is -0.480 e. The highest BCUT2D eigenvalue weighted by atomic mass is 32.2. The number of rotatable bonds is 19. The Kier molecular flexibility index (Phi) is 14.6. The van der Waals surface area contributed by atoms with Crippen LogP contribution in [-0.4, -0.2) is 91.7 Å². The number of nitrogens with two attached hydrogens (primary N) is 1. The quantitative estimate of drug-likeness (QED) is 0.0707. The maximum Gasteiger partial charge on any atom is 0.326 e. The average molecular weight is 587 g/mol. The lowest BCUT2D eigenvalue weighted by molar-refractivity contribution is -0.142. The second-order valence-electron chi connectivity index (χ2n) is 8.91. The number of unbranched alkanes of at least 4 members (excludes halogenated alkanes) is 1. The lowest BCUT2D eigenvalue weighted by atomic mass is 10.1. The van der Waals surface area contributed by atoms with E-state index in [1.54, 1.807) is 24.3 Å². The molecule has 0 bridgehead atoms. The van der Waals surface area contributed by atoms with E-state index in [0.29, 0.717) is 24.9 Å². The van der Waals surface area contributed by atoms with Crippen LogP contribution in [0.5, 0.6) is 0 Å². The molecule has 1 aromatic rings. The standard InChI is InChI=1S/C24H38N6O9S/c1-3-27-16-9-7-15(8-10-16)22(33)28-13-5-4-6-17(21(25)32)29-20(31)12-11-18(24(35)36)30-23(34)19(26-2)14-40(37,38)39/h7-10,17-19,26-27H,3-6,11-14H2,1-2H3,(H2,25,32)(H,28,33)(H,29,31)(H,30,34)(H,35,36)(H,37,38,39). The summed E-state index contributed by atoms with van der Waals surface area (Å²) in [6.07, 6.45) is 0.395. The van der Waals surface area contributed by atoms with E-state index in [1.807, 2.05) is 6.92 Å². The van der Waals surface area contributed by atoms with Crippen LogP contribution < -0.4 is 32.3 Å². The minimum absolute atomic E-state index is 0.187. The molecule has 40 heavy (non-hydrogen) atoms. The van der Waals surface area contributed by atoms with Gasteiger partial charge < -0.3 is 37.4 Å². The third kappa shape index (κ3) is 13.3. The summed E-state index contributed by atoms with van der Waals surface area (Å²) in [7, 11) is -3.27. The zero-order valence-corrected chi connectivity index (χ0v) is 23.3. The molecule has 0 aliphatic carbocycles. The van der Waals surface area contributed by atoms with Gasteiger partial charge in [-0.25, -0.2) is 4.79 Å². The van der Waals surface area contributed by atoms with Crippen LogP contribution in [0.1, 0.15) is 49.4 Å². The molecule has 0 spiro atoms. The predicted octanol–water partition coefficient (Wildman–Crippen LogP) is -1.19. The molecule has 1 aromatic carbocycles. The predicted molar refractivity (Wildman–Crippen MR) is 146 cm³/mol. The van der Waals surface area contributed by atoms with E-state index in [0.717, 1.165) is 12.2 Å². The molecule has 0 radical (unpaired) electrons. The van der Waals surface area contributed by atoms with Gasteiger partial charge in [0.2, 0.25) is 17.7 Å². The fourth-order valence-corrected chi connectivity index (χ4v) is 4.32. The molecule has 0 aliphatic rings. The van der Waals surface area contributed by atoms with Crippen LogP contribution >= 0.6 is 0 Å². The second kappa shape index (κ2) is 17.0. The average Bonchev–Trinajstić information content (AvgIpc) is 2.88. The Bertz CT molecular complexity index is 1130. The molecule has 15 nitrogen and oxygen atoms in total. The summed E-state index contributed by atoms with van der Waals surface area (Å²) in [6, 6.07) is 3.02. The minimum atomic E-state index is -4.52. The lowest BCUT2D eigenvalue weighted by Gasteiger charge is -2.20. The van der Waals surface area contributed by atoms with E-state index in [4.69, 9.17) is 10.3 Å². The van der Waals surface area contributed by atoms with Crippen molar-refractivity contribution in [3.63, 3.8) is 0 Å². The monoisotopic (exact) mass is 586 g/mol. The fourth-order valence-electron chi connectivity index (χ4n) is 3.58. The van der Waals surface area contributed by atoms with Crippen molar-refractivity contribution in [2.45, 2.75) is 57.2 Å². The summed E-state index contributed by atoms with van der Waals surface area (Å²) in [4.78, 5) is 60.1. The zero-order chi connectivity index (χ0) is 30.3. The highest BCUT2D eigenvalue weighted by Crippen LogP contribution is 2.09. The van der Waals surface area contributed by atoms with E-state index >= 15 is 0 Å². The molecule has 0 aliphatic heterocycles. The number of carboxylic acids is 1. The first-order valence-corrected chi connectivity index (χ1v) is 14.2. The van der Waals surface area contributed by atoms with Gasteiger partial charge in [-0.05, 0) is 63.9 Å². The van der Waals surface area contributed by atoms with E-state index in [-0.39, 0.29) is 25.2 Å². The van der Waals surface area contributed by atoms with Crippen LogP contribution in [0.3, 0.4) is 0 Å². The SMILES string of the molecule is CCNc1ccc(C(=O)NCCCCC(NC(=O)CCC(NC(=O)C(CS(=O)(=O)O)NC)C(=O)O)C(N)=O)cc1. The van der Waals surface area contributed by atoms with Crippen molar-refractivity contribution in [3.8, 4) is 0 Å². The summed E-state index contributed by atoms with van der Waals surface area (Å²) in [6.45, 7) is 3.06. The topological polar surface area (TPSA) is 246 Å². The van der Waals surface area contributed by atoms with Crippen molar-refractivity contribution < 1.29 is 42.0 Å². The summed E-state index contributed by atoms with van der Waals surface area (Å²) in [5, 5.41) is 22.2. The van der Waals surface area contributed by atoms with Crippen molar-refractivity contribution in [3.05, 3.63) is 29.8 Å². The van der Waals surface area contributed by atoms with Crippen LogP contribution in [-0.2, 0) is 29.3 Å². The Balaban J connectivity index is 2.49. The Morgan fingerprint density at radius 2 is 1.60 bits per heavy atom. The van der Waals surface area contributed by atoms with Gasteiger partial charge in [-0.3, -0.25) is 23.7 Å². The molecular formula is C24H38N6O9S. The van der Waals surface area contributed by atoms with Gasteiger partial charge in [-0.15, -0.1) is 0 Å². The van der Waals surface area contributed by atoms with Gasteiger partial charge in [-0.1, -0.05) is 0 Å². The Morgan fingerprint density at radius 1 is 0.950 bits per heavy atom. The fraction of sp³-hybridized carbons (Fsp3) is 0.542. The van der Waals surface area contributed by atoms with Crippen LogP contribution in [0.25, 0.3) is 0 Å². The maximum absolute atomic E-state index is 12.3. The molecule has 9 N–H and O–H groups in total. The van der Waals surface area contributed by atoms with Crippen molar-refractivity contribution in [1.82, 2.24) is 21.3 Å². The smallest absolute Gasteiger partial charge is 0.326 e. The number of hydrogen-bond donors (Lipinski definition) is 8. The first-order chi connectivity index (χ1) is 18.8. The second-order valence-corrected chi connectivity index (χ2v) is 10.4. The molecule has 0 saturated heterocycles. The summed E-state index contributed by atoms with van der Waals surface area (Å²) in [5.74, 6) is -5.16. The van der Waals surface area contributed by atoms with Crippen molar-refractivity contribution in [2.24, 2.45) is 5.73 Å². The zero-order valence-electron chi connectivity index (χ0n) is 22.4. The lowest BCUT2D eigenvalue weighted by Crippen LogP contribution is -2.52. The third-order valence-corrected chi connectivity index (χ3v) is 6.48. The summed E-state index contributed by atoms with van der Waals surface area (Å²) < 4.78 is 31.0. The van der Waals surface area contributed by atoms with E-state index in [2.05, 4.69) is 26.6 Å². The summed E-state index contributed by atoms with van der Waals surface area (Å²) >= 11 is 0. The van der Waals surface area contributed by atoms with Gasteiger partial charge in [0.15, 0.2) is 0 Å². The number of amides is 4. The number of carbonyl (C=O) groups is 5. The van der Waals surface area contributed by atoms with Gasteiger partial charge in [0, 0.05) is 30.8 Å². The normalized spacial score (nSPS) is 13.4. The Labute approximate surface area is 232 Å². The summed E-state index contributed by atoms with van der Waals surface area (Å²) in [5.41, 5.74) is 6.77. The number of benzene rings is 1. The van der Waals surface area contributed by atoms with Crippen LogP contribution in [0.15, 0.2) is 24.3 Å². The third-order valence-electron chi connectivity index (χ3n) is 5.73. The van der Waals surface area contributed by atoms with Crippen LogP contribution in [0.4, 0.5) is 5.69 Å². The molecule has 3 unspecified atom stereocenters. The molecule has 0 fully saturated rings. The molecular weight excluding hydrogens is 548 g/mol. The molecule has 224 valence electrons. The molecule has 0 aromatic heterocycles. The molecule has 3 atom stereocenters. The van der Waals surface area contributed by atoms with Crippen molar-refractivity contribution in [2.75, 3.05) is 31.2 Å². The Morgan fingerprint density at radius 3 is 2.12 bits per heavy atom. The largest absolute Gasteiger partial charge is 0.480 e. The number of hydrogen-bond acceptors (Lipinski definition) is 9. The first kappa shape index (κ1) is 34.3. The van der Waals surface area contributed by atoms with Crippen molar-refractivity contribution in [1.29, 1.82) is 0 Å². The number of nitrogens with one attached hydrogen (secondary N) is 5. The molecule has 1 rings (SSSR count). The molecule has 0 heterocycles. The van der Waals surface area contributed by atoms with Gasteiger partial charge >= 0.3 is 5.97 Å². The Hall–Kier alpha value is -3.76. The highest BCUT2D eigenvalue weighted by Gasteiger charge is 2.28. The maximum atomic E-state index is 12.3. The van der Waals surface area contributed by atoms with Gasteiger partial charge in [0.1, 0.15) is 18.1 Å². The highest BCUT2D eigenvalue weighted by molar-refractivity contribution is 7.85. The number of carboxylic acid groups (broad SMARTS) is 1. The van der Waals surface area contributed by atoms with E-state index in [9.17, 15) is 37.5 Å². The number of likely N-dealkylation sites (N-methyl/N-ethyl adjacent to an activating group) is 1. The van der Waals surface area contributed by atoms with Gasteiger partial charge in [0.05, 0.1) is 5.75 Å². The molecule has 0 saturated carbocycles. The van der Waals surface area contributed by atoms with Crippen LogP contribution in [0, 0.1) is 0 Å². The number of primary amides is 1. The van der Waals surface area contributed by atoms with E-state index in [1.165, 1.54) is 7.05 Å². The molecule has 4 amide bonds. The van der Waals surface area contributed by atoms with E-state index < -0.39 is 57.7 Å². The number of anilines is 1. The van der Waals surface area contributed by atoms with Gasteiger partial charge in [-0.2, -0.15) is 8.42 Å². The van der Waals surface area contributed by atoms with Crippen molar-refractivity contribution >= 4 is 45.4 Å². The first-order valence-electron chi connectivity index (χ1n) is 12.6. The number of aliphatic carboxylic acids is 1. The van der Waals surface area contributed by atoms with Gasteiger partial charge in [0.25, 0.3) is 16.0 Å². The number of carbonyl (C=O) groups excluding carboxylic acids is 4.